The van der Waals surface area contributed by atoms with Crippen LogP contribution in [0.2, 0.25) is 0 Å². The lowest BCUT2D eigenvalue weighted by atomic mass is 9.97. The number of urea groups is 1. The second-order valence-electron chi connectivity index (χ2n) is 7.77. The number of rotatable bonds is 4. The molecule has 4 rings (SSSR count). The van der Waals surface area contributed by atoms with Gasteiger partial charge in [-0.05, 0) is 49.6 Å². The zero-order chi connectivity index (χ0) is 20.9. The van der Waals surface area contributed by atoms with Gasteiger partial charge in [-0.25, -0.2) is 4.79 Å². The molecule has 2 aromatic carbocycles. The normalized spacial score (nSPS) is 18.9. The summed E-state index contributed by atoms with van der Waals surface area (Å²) in [6, 6.07) is 16.5. The third-order valence-electron chi connectivity index (χ3n) is 5.60. The van der Waals surface area contributed by atoms with Crippen LogP contribution >= 0.6 is 0 Å². The van der Waals surface area contributed by atoms with Gasteiger partial charge in [-0.15, -0.1) is 0 Å². The van der Waals surface area contributed by atoms with Crippen LogP contribution in [0.15, 0.2) is 54.6 Å². The van der Waals surface area contributed by atoms with Crippen LogP contribution in [0.1, 0.15) is 25.7 Å². The van der Waals surface area contributed by atoms with Gasteiger partial charge in [0.25, 0.3) is 0 Å². The zero-order valence-electron chi connectivity index (χ0n) is 16.8. The Kier molecular flexibility index (Phi) is 5.97. The van der Waals surface area contributed by atoms with Crippen molar-refractivity contribution in [1.29, 1.82) is 0 Å². The Labute approximate surface area is 176 Å². The maximum Gasteiger partial charge on any atom is 0.321 e. The van der Waals surface area contributed by atoms with Crippen molar-refractivity contribution >= 4 is 34.9 Å². The second-order valence-corrected chi connectivity index (χ2v) is 7.77. The molecule has 0 aliphatic carbocycles. The number of piperidine rings is 1. The van der Waals surface area contributed by atoms with Crippen LogP contribution in [0.4, 0.5) is 21.9 Å². The summed E-state index contributed by atoms with van der Waals surface area (Å²) in [6.07, 6.45) is 2.95. The molecular formula is C23H26N4O3. The summed E-state index contributed by atoms with van der Waals surface area (Å²) in [7, 11) is 0. The average Bonchev–Trinajstić information content (AvgIpc) is 3.20. The van der Waals surface area contributed by atoms with Crippen LogP contribution in [-0.4, -0.2) is 42.4 Å². The van der Waals surface area contributed by atoms with Crippen LogP contribution in [-0.2, 0) is 9.59 Å². The number of likely N-dealkylation sites (tertiary alicyclic amines) is 1. The molecule has 2 fully saturated rings. The number of hydrogen-bond donors (Lipinski definition) is 2. The predicted octanol–water partition coefficient (Wildman–Crippen LogP) is 3.70. The van der Waals surface area contributed by atoms with Gasteiger partial charge in [0.2, 0.25) is 11.8 Å². The third-order valence-corrected chi connectivity index (χ3v) is 5.60. The summed E-state index contributed by atoms with van der Waals surface area (Å²) in [5.74, 6) is -0.250. The third kappa shape index (κ3) is 4.62. The largest absolute Gasteiger partial charge is 0.326 e. The monoisotopic (exact) mass is 406 g/mol. The molecule has 0 unspecified atom stereocenters. The highest BCUT2D eigenvalue weighted by Crippen LogP contribution is 2.25. The van der Waals surface area contributed by atoms with Crippen LogP contribution in [0.25, 0.3) is 0 Å². The SMILES string of the molecule is O=C(Nc1cccc(N2CCCC2=O)c1)[C@H]1CCCN(C(=O)Nc2ccccc2)C1. The van der Waals surface area contributed by atoms with Crippen molar-refractivity contribution in [3.05, 3.63) is 54.6 Å². The molecule has 2 heterocycles. The van der Waals surface area contributed by atoms with Gasteiger partial charge in [-0.2, -0.15) is 0 Å². The van der Waals surface area contributed by atoms with E-state index in [9.17, 15) is 14.4 Å². The molecule has 4 amide bonds. The molecule has 2 aromatic rings. The summed E-state index contributed by atoms with van der Waals surface area (Å²) in [6.45, 7) is 1.73. The highest BCUT2D eigenvalue weighted by molar-refractivity contribution is 5.97. The molecule has 30 heavy (non-hydrogen) atoms. The molecule has 156 valence electrons. The van der Waals surface area contributed by atoms with Crippen molar-refractivity contribution in [1.82, 2.24) is 4.90 Å². The fourth-order valence-electron chi connectivity index (χ4n) is 4.02. The quantitative estimate of drug-likeness (QED) is 0.812. The van der Waals surface area contributed by atoms with Gasteiger partial charge in [-0.1, -0.05) is 24.3 Å². The van der Waals surface area contributed by atoms with Crippen LogP contribution in [0.3, 0.4) is 0 Å². The van der Waals surface area contributed by atoms with Gasteiger partial charge in [0.15, 0.2) is 0 Å². The van der Waals surface area contributed by atoms with Crippen molar-refractivity contribution in [2.24, 2.45) is 5.92 Å². The molecule has 0 aromatic heterocycles. The number of nitrogens with zero attached hydrogens (tertiary/aromatic N) is 2. The number of anilines is 3. The summed E-state index contributed by atoms with van der Waals surface area (Å²) in [5.41, 5.74) is 2.22. The Morgan fingerprint density at radius 1 is 0.900 bits per heavy atom. The number of benzene rings is 2. The first-order chi connectivity index (χ1) is 14.6. The van der Waals surface area contributed by atoms with Crippen molar-refractivity contribution in [2.75, 3.05) is 35.2 Å². The second kappa shape index (κ2) is 8.98. The number of amides is 4. The Balaban J connectivity index is 1.36. The summed E-state index contributed by atoms with van der Waals surface area (Å²) in [5, 5.41) is 5.85. The van der Waals surface area contributed by atoms with Gasteiger partial charge < -0.3 is 20.4 Å². The van der Waals surface area contributed by atoms with E-state index in [0.717, 1.165) is 30.6 Å². The highest BCUT2D eigenvalue weighted by atomic mass is 16.2. The molecule has 0 bridgehead atoms. The van der Waals surface area contributed by atoms with Crippen LogP contribution < -0.4 is 15.5 Å². The minimum absolute atomic E-state index is 0.0999. The van der Waals surface area contributed by atoms with E-state index in [1.807, 2.05) is 54.6 Å². The Bertz CT molecular complexity index is 931. The summed E-state index contributed by atoms with van der Waals surface area (Å²) < 4.78 is 0. The topological polar surface area (TPSA) is 81.8 Å². The van der Waals surface area contributed by atoms with E-state index in [2.05, 4.69) is 10.6 Å². The number of para-hydroxylation sites is 1. The van der Waals surface area contributed by atoms with E-state index in [1.165, 1.54) is 0 Å². The van der Waals surface area contributed by atoms with E-state index >= 15 is 0 Å². The summed E-state index contributed by atoms with van der Waals surface area (Å²) >= 11 is 0. The van der Waals surface area contributed by atoms with Crippen LogP contribution in [0, 0.1) is 5.92 Å². The number of hydrogen-bond acceptors (Lipinski definition) is 3. The molecule has 0 saturated carbocycles. The maximum atomic E-state index is 12.8. The lowest BCUT2D eigenvalue weighted by Gasteiger charge is -2.32. The van der Waals surface area contributed by atoms with Crippen molar-refractivity contribution in [2.45, 2.75) is 25.7 Å². The fraction of sp³-hybridized carbons (Fsp3) is 0.348. The van der Waals surface area contributed by atoms with E-state index in [-0.39, 0.29) is 23.8 Å². The molecule has 0 radical (unpaired) electrons. The van der Waals surface area contributed by atoms with E-state index < -0.39 is 0 Å². The van der Waals surface area contributed by atoms with Gasteiger partial charge in [-0.3, -0.25) is 9.59 Å². The van der Waals surface area contributed by atoms with E-state index in [0.29, 0.717) is 31.7 Å². The smallest absolute Gasteiger partial charge is 0.321 e. The lowest BCUT2D eigenvalue weighted by Crippen LogP contribution is -2.45. The van der Waals surface area contributed by atoms with E-state index in [4.69, 9.17) is 0 Å². The van der Waals surface area contributed by atoms with Crippen molar-refractivity contribution in [3.63, 3.8) is 0 Å². The van der Waals surface area contributed by atoms with Crippen molar-refractivity contribution < 1.29 is 14.4 Å². The van der Waals surface area contributed by atoms with Crippen molar-refractivity contribution in [3.8, 4) is 0 Å². The summed E-state index contributed by atoms with van der Waals surface area (Å²) in [4.78, 5) is 40.8. The predicted molar refractivity (Wildman–Crippen MR) is 116 cm³/mol. The molecular weight excluding hydrogens is 380 g/mol. The Morgan fingerprint density at radius 3 is 2.47 bits per heavy atom. The minimum Gasteiger partial charge on any atom is -0.326 e. The number of carbonyl (C=O) groups is 3. The Morgan fingerprint density at radius 2 is 1.70 bits per heavy atom. The average molecular weight is 406 g/mol. The number of carbonyl (C=O) groups excluding carboxylic acids is 3. The molecule has 2 saturated heterocycles. The van der Waals surface area contributed by atoms with E-state index in [1.54, 1.807) is 9.80 Å². The molecule has 7 nitrogen and oxygen atoms in total. The lowest BCUT2D eigenvalue weighted by molar-refractivity contribution is -0.121. The first-order valence-electron chi connectivity index (χ1n) is 10.4. The molecule has 2 aliphatic heterocycles. The van der Waals surface area contributed by atoms with Gasteiger partial charge in [0.1, 0.15) is 0 Å². The molecule has 2 N–H and O–H groups in total. The first kappa shape index (κ1) is 19.9. The standard InChI is InChI=1S/C23H26N4O3/c28-21-12-6-14-27(21)20-11-4-10-19(15-20)24-22(29)17-7-5-13-26(16-17)23(30)25-18-8-2-1-3-9-18/h1-4,8-11,15,17H,5-7,12-14,16H2,(H,24,29)(H,25,30)/t17-/m0/s1. The van der Waals surface area contributed by atoms with Crippen LogP contribution in [0.5, 0.6) is 0 Å². The zero-order valence-corrected chi connectivity index (χ0v) is 16.8. The first-order valence-corrected chi connectivity index (χ1v) is 10.4. The minimum atomic E-state index is -0.266. The molecule has 1 atom stereocenters. The highest BCUT2D eigenvalue weighted by Gasteiger charge is 2.29. The van der Waals surface area contributed by atoms with Gasteiger partial charge >= 0.3 is 6.03 Å². The van der Waals surface area contributed by atoms with Gasteiger partial charge in [0.05, 0.1) is 5.92 Å². The van der Waals surface area contributed by atoms with Gasteiger partial charge in [0, 0.05) is 43.1 Å². The fourth-order valence-corrected chi connectivity index (χ4v) is 4.02. The molecule has 2 aliphatic rings. The number of nitrogens with one attached hydrogen (secondary N) is 2. The molecule has 0 spiro atoms. The Hall–Kier alpha value is -3.35. The molecule has 7 heteroatoms. The maximum absolute atomic E-state index is 12.8.